The number of nitrogens with zero attached hydrogens (tertiary/aromatic N) is 2. The molecule has 48 heavy (non-hydrogen) atoms. The van der Waals surface area contributed by atoms with Crippen LogP contribution < -0.4 is 4.90 Å². The molecule has 0 bridgehead atoms. The molecule has 0 saturated heterocycles. The highest BCUT2D eigenvalue weighted by molar-refractivity contribution is 7.25. The summed E-state index contributed by atoms with van der Waals surface area (Å²) in [4.78, 5) is 7.49. The second-order valence-corrected chi connectivity index (χ2v) is 14.1. The Kier molecular flexibility index (Phi) is 6.22. The van der Waals surface area contributed by atoms with Crippen LogP contribution in [0, 0.1) is 0 Å². The van der Waals surface area contributed by atoms with Crippen LogP contribution in [0.1, 0.15) is 0 Å². The number of hydrogen-bond donors (Lipinski definition) is 0. The van der Waals surface area contributed by atoms with Gasteiger partial charge in [-0.1, -0.05) is 103 Å². The average Bonchev–Trinajstić information content (AvgIpc) is 3.85. The van der Waals surface area contributed by atoms with E-state index in [-0.39, 0.29) is 0 Å². The minimum absolute atomic E-state index is 0.842. The molecule has 0 atom stereocenters. The first-order valence-electron chi connectivity index (χ1n) is 16.0. The minimum Gasteiger partial charge on any atom is -0.456 e. The fraction of sp³-hybridized carbons (Fsp3) is 0. The van der Waals surface area contributed by atoms with E-state index in [2.05, 4.69) is 157 Å². The quantitative estimate of drug-likeness (QED) is 0.186. The molecule has 0 aliphatic rings. The van der Waals surface area contributed by atoms with Crippen molar-refractivity contribution in [3.63, 3.8) is 0 Å². The third-order valence-electron chi connectivity index (χ3n) is 9.11. The summed E-state index contributed by atoms with van der Waals surface area (Å²) < 4.78 is 10.3. The lowest BCUT2D eigenvalue weighted by atomic mass is 10.0. The zero-order chi connectivity index (χ0) is 31.6. The molecule has 10 rings (SSSR count). The van der Waals surface area contributed by atoms with Crippen LogP contribution in [0.2, 0.25) is 0 Å². The summed E-state index contributed by atoms with van der Waals surface area (Å²) in [6.45, 7) is 0. The molecule has 0 spiro atoms. The van der Waals surface area contributed by atoms with Gasteiger partial charge in [0.2, 0.25) is 0 Å². The van der Waals surface area contributed by atoms with Crippen molar-refractivity contribution in [3.05, 3.63) is 158 Å². The van der Waals surface area contributed by atoms with Crippen molar-refractivity contribution in [1.29, 1.82) is 0 Å². The van der Waals surface area contributed by atoms with Crippen LogP contribution >= 0.6 is 22.7 Å². The smallest absolute Gasteiger partial charge is 0.137 e. The second kappa shape index (κ2) is 10.9. The van der Waals surface area contributed by atoms with Crippen molar-refractivity contribution < 1.29 is 4.42 Å². The molecule has 0 unspecified atom stereocenters. The van der Waals surface area contributed by atoms with Gasteiger partial charge in [0.15, 0.2) is 0 Å². The molecule has 3 heterocycles. The van der Waals surface area contributed by atoms with Crippen LogP contribution in [0.4, 0.5) is 17.1 Å². The van der Waals surface area contributed by atoms with E-state index >= 15 is 0 Å². The van der Waals surface area contributed by atoms with Crippen molar-refractivity contribution in [2.45, 2.75) is 0 Å². The second-order valence-electron chi connectivity index (χ2n) is 12.0. The van der Waals surface area contributed by atoms with E-state index in [9.17, 15) is 0 Å². The highest BCUT2D eigenvalue weighted by Crippen LogP contribution is 2.46. The number of thiazole rings is 1. The van der Waals surface area contributed by atoms with E-state index in [1.165, 1.54) is 25.7 Å². The first-order chi connectivity index (χ1) is 23.8. The van der Waals surface area contributed by atoms with Gasteiger partial charge >= 0.3 is 0 Å². The van der Waals surface area contributed by atoms with Crippen molar-refractivity contribution in [1.82, 2.24) is 4.98 Å². The van der Waals surface area contributed by atoms with Gasteiger partial charge < -0.3 is 9.32 Å². The van der Waals surface area contributed by atoms with Gasteiger partial charge in [0.05, 0.1) is 21.3 Å². The summed E-state index contributed by atoms with van der Waals surface area (Å²) in [7, 11) is 0. The Balaban J connectivity index is 1.19. The fourth-order valence-corrected chi connectivity index (χ4v) is 9.01. The Morgan fingerprint density at radius 2 is 1.17 bits per heavy atom. The molecule has 5 heteroatoms. The maximum absolute atomic E-state index is 6.60. The molecular formula is C43H26N2OS2. The highest BCUT2D eigenvalue weighted by Gasteiger charge is 2.21. The molecule has 0 saturated carbocycles. The molecule has 10 aromatic rings. The standard InChI is InChI=1S/C43H26N2OS2/c1-3-11-27(12-4-1)31-15-7-9-17-35(31)45(30-19-21-33-32-16-8-10-18-38(32)47-40(33)26-30)29-20-22-34-37(25-29)46-36-23-24-39-42(41(34)36)44-43(48-39)28-13-5-2-6-14-28/h1-26H. The molecule has 0 radical (unpaired) electrons. The number of fused-ring (bicyclic) bond motifs is 8. The van der Waals surface area contributed by atoms with Gasteiger partial charge in [0.25, 0.3) is 0 Å². The summed E-state index contributed by atoms with van der Waals surface area (Å²) in [5.41, 5.74) is 9.38. The summed E-state index contributed by atoms with van der Waals surface area (Å²) in [6, 6.07) is 56.0. The Morgan fingerprint density at radius 3 is 2.02 bits per heavy atom. The number of anilines is 3. The molecular weight excluding hydrogens is 625 g/mol. The van der Waals surface area contributed by atoms with Gasteiger partial charge in [-0.3, -0.25) is 0 Å². The molecule has 3 aromatic heterocycles. The maximum atomic E-state index is 6.60. The monoisotopic (exact) mass is 650 g/mol. The largest absolute Gasteiger partial charge is 0.456 e. The van der Waals surface area contributed by atoms with E-state index in [4.69, 9.17) is 9.40 Å². The highest BCUT2D eigenvalue weighted by atomic mass is 32.1. The molecule has 0 fully saturated rings. The van der Waals surface area contributed by atoms with Gasteiger partial charge in [0, 0.05) is 54.1 Å². The van der Waals surface area contributed by atoms with Crippen molar-refractivity contribution in [2.24, 2.45) is 0 Å². The van der Waals surface area contributed by atoms with Crippen molar-refractivity contribution in [2.75, 3.05) is 4.90 Å². The predicted molar refractivity (Wildman–Crippen MR) is 205 cm³/mol. The van der Waals surface area contributed by atoms with Crippen LogP contribution in [-0.2, 0) is 0 Å². The number of furan rings is 1. The van der Waals surface area contributed by atoms with E-state index < -0.39 is 0 Å². The molecule has 0 N–H and O–H groups in total. The predicted octanol–water partition coefficient (Wildman–Crippen LogP) is 13.4. The lowest BCUT2D eigenvalue weighted by Crippen LogP contribution is -2.11. The van der Waals surface area contributed by atoms with Crippen LogP contribution in [0.15, 0.2) is 162 Å². The summed E-state index contributed by atoms with van der Waals surface area (Å²) in [5, 5.41) is 5.73. The van der Waals surface area contributed by atoms with Gasteiger partial charge in [-0.2, -0.15) is 0 Å². The molecule has 3 nitrogen and oxygen atoms in total. The summed E-state index contributed by atoms with van der Waals surface area (Å²) in [6.07, 6.45) is 0. The van der Waals surface area contributed by atoms with Crippen LogP contribution in [0.3, 0.4) is 0 Å². The number of thiophene rings is 1. The number of benzene rings is 7. The van der Waals surface area contributed by atoms with E-state index in [0.717, 1.165) is 65.4 Å². The topological polar surface area (TPSA) is 29.3 Å². The van der Waals surface area contributed by atoms with E-state index in [0.29, 0.717) is 0 Å². The fourth-order valence-electron chi connectivity index (χ4n) is 6.90. The zero-order valence-corrected chi connectivity index (χ0v) is 27.3. The van der Waals surface area contributed by atoms with Crippen LogP contribution in [0.5, 0.6) is 0 Å². The number of rotatable bonds is 5. The van der Waals surface area contributed by atoms with Gasteiger partial charge in [-0.05, 0) is 54.1 Å². The first-order valence-corrected chi connectivity index (χ1v) is 17.6. The van der Waals surface area contributed by atoms with Gasteiger partial charge in [-0.25, -0.2) is 4.98 Å². The normalized spacial score (nSPS) is 11.8. The molecule has 0 aliphatic carbocycles. The summed E-state index contributed by atoms with van der Waals surface area (Å²) >= 11 is 3.56. The van der Waals surface area contributed by atoms with Crippen LogP contribution in [-0.4, -0.2) is 4.98 Å². The third-order valence-corrected chi connectivity index (χ3v) is 11.3. The summed E-state index contributed by atoms with van der Waals surface area (Å²) in [5.74, 6) is 0. The number of para-hydroxylation sites is 1. The van der Waals surface area contributed by atoms with Crippen LogP contribution in [0.25, 0.3) is 74.0 Å². The molecule has 226 valence electrons. The number of hydrogen-bond acceptors (Lipinski definition) is 5. The zero-order valence-electron chi connectivity index (χ0n) is 25.6. The Bertz CT molecular complexity index is 2790. The SMILES string of the molecule is c1ccc(-c2nc3c(ccc4oc5cc(N(c6ccc7c(c6)sc6ccccc67)c6ccccc6-c6ccccc6)ccc5c43)s2)cc1. The van der Waals surface area contributed by atoms with Gasteiger partial charge in [0.1, 0.15) is 16.2 Å². The Hall–Kier alpha value is -5.75. The molecule has 0 amide bonds. The van der Waals surface area contributed by atoms with Crippen molar-refractivity contribution in [3.8, 4) is 21.7 Å². The van der Waals surface area contributed by atoms with E-state index in [1.54, 1.807) is 11.3 Å². The lowest BCUT2D eigenvalue weighted by molar-refractivity contribution is 0.669. The number of aromatic nitrogens is 1. The molecule has 7 aromatic carbocycles. The maximum Gasteiger partial charge on any atom is 0.137 e. The third kappa shape index (κ3) is 4.36. The Morgan fingerprint density at radius 1 is 0.479 bits per heavy atom. The van der Waals surface area contributed by atoms with E-state index in [1.807, 2.05) is 17.4 Å². The van der Waals surface area contributed by atoms with Gasteiger partial charge in [-0.15, -0.1) is 22.7 Å². The Labute approximate surface area is 284 Å². The minimum atomic E-state index is 0.842. The average molecular weight is 651 g/mol. The first kappa shape index (κ1) is 27.4. The lowest BCUT2D eigenvalue weighted by Gasteiger charge is -2.28. The van der Waals surface area contributed by atoms with Crippen molar-refractivity contribution >= 4 is 92.1 Å². The molecule has 0 aliphatic heterocycles.